The van der Waals surface area contributed by atoms with Gasteiger partial charge in [0.1, 0.15) is 0 Å². The molecule has 0 saturated carbocycles. The number of carbonyl (C=O) groups is 2. The first-order valence-electron chi connectivity index (χ1n) is 10.8. The molecule has 0 aliphatic carbocycles. The third-order valence-electron chi connectivity index (χ3n) is 6.00. The van der Waals surface area contributed by atoms with Crippen LogP contribution in [-0.2, 0) is 4.79 Å². The van der Waals surface area contributed by atoms with Crippen LogP contribution < -0.4 is 15.1 Å². The molecule has 2 aromatic rings. The zero-order valence-electron chi connectivity index (χ0n) is 17.6. The van der Waals surface area contributed by atoms with Gasteiger partial charge in [0.15, 0.2) is 5.78 Å². The minimum Gasteiger partial charge on any atom is -0.372 e. The Bertz CT molecular complexity index is 865. The van der Waals surface area contributed by atoms with Gasteiger partial charge in [-0.25, -0.2) is 0 Å². The number of ketones is 1. The van der Waals surface area contributed by atoms with E-state index in [1.165, 1.54) is 18.5 Å². The number of anilines is 3. The molecule has 2 heterocycles. The Balaban J connectivity index is 1.23. The summed E-state index contributed by atoms with van der Waals surface area (Å²) < 4.78 is 0. The topological polar surface area (TPSA) is 55.9 Å². The van der Waals surface area contributed by atoms with Gasteiger partial charge in [-0.1, -0.05) is 0 Å². The van der Waals surface area contributed by atoms with Gasteiger partial charge in [-0.2, -0.15) is 0 Å². The molecule has 30 heavy (non-hydrogen) atoms. The first-order valence-corrected chi connectivity index (χ1v) is 10.8. The summed E-state index contributed by atoms with van der Waals surface area (Å²) in [5, 5.41) is 3.02. The quantitative estimate of drug-likeness (QED) is 0.747. The maximum absolute atomic E-state index is 12.5. The van der Waals surface area contributed by atoms with Crippen LogP contribution in [0.25, 0.3) is 0 Å². The van der Waals surface area contributed by atoms with E-state index in [0.717, 1.165) is 56.2 Å². The van der Waals surface area contributed by atoms with Crippen molar-refractivity contribution in [2.24, 2.45) is 0 Å². The highest BCUT2D eigenvalue weighted by atomic mass is 16.2. The fraction of sp³-hybridized carbons (Fsp3) is 0.417. The van der Waals surface area contributed by atoms with Crippen LogP contribution in [0.2, 0.25) is 0 Å². The number of hydrogen-bond acceptors (Lipinski definition) is 5. The van der Waals surface area contributed by atoms with Crippen molar-refractivity contribution in [1.82, 2.24) is 4.90 Å². The van der Waals surface area contributed by atoms with E-state index in [2.05, 4.69) is 32.1 Å². The highest BCUT2D eigenvalue weighted by Crippen LogP contribution is 2.22. The number of nitrogens with one attached hydrogen (secondary N) is 1. The van der Waals surface area contributed by atoms with E-state index in [-0.39, 0.29) is 11.7 Å². The van der Waals surface area contributed by atoms with Crippen LogP contribution in [0.15, 0.2) is 48.5 Å². The molecule has 0 radical (unpaired) electrons. The lowest BCUT2D eigenvalue weighted by atomic mass is 10.1. The summed E-state index contributed by atoms with van der Waals surface area (Å²) in [5.74, 6) is 0.117. The zero-order chi connectivity index (χ0) is 20.9. The van der Waals surface area contributed by atoms with Gasteiger partial charge in [0.2, 0.25) is 5.91 Å². The first kappa shape index (κ1) is 20.4. The lowest BCUT2D eigenvalue weighted by Gasteiger charge is -2.35. The SMILES string of the molecule is CC(=O)c1ccc(N2CCN(CC(=O)Nc3ccc(N4CCCC4)cc3)CC2)cc1. The van der Waals surface area contributed by atoms with Crippen LogP contribution in [0.1, 0.15) is 30.1 Å². The second-order valence-corrected chi connectivity index (χ2v) is 8.16. The molecule has 2 aliphatic heterocycles. The van der Waals surface area contributed by atoms with Crippen LogP contribution in [-0.4, -0.2) is 62.4 Å². The molecule has 2 aromatic carbocycles. The van der Waals surface area contributed by atoms with Crippen molar-refractivity contribution in [2.45, 2.75) is 19.8 Å². The summed E-state index contributed by atoms with van der Waals surface area (Å²) >= 11 is 0. The second-order valence-electron chi connectivity index (χ2n) is 8.16. The number of nitrogens with zero attached hydrogens (tertiary/aromatic N) is 3. The Kier molecular flexibility index (Phi) is 6.33. The third kappa shape index (κ3) is 5.00. The molecule has 1 amide bonds. The largest absolute Gasteiger partial charge is 0.372 e. The van der Waals surface area contributed by atoms with Crippen LogP contribution in [0.3, 0.4) is 0 Å². The summed E-state index contributed by atoms with van der Waals surface area (Å²) in [4.78, 5) is 30.8. The summed E-state index contributed by atoms with van der Waals surface area (Å²) in [6.45, 7) is 7.67. The zero-order valence-corrected chi connectivity index (χ0v) is 17.6. The molecule has 0 atom stereocenters. The number of Topliss-reactive ketones (excluding diaryl/α,β-unsaturated/α-hetero) is 1. The van der Waals surface area contributed by atoms with Gasteiger partial charge in [-0.05, 0) is 68.3 Å². The minimum absolute atomic E-state index is 0.0307. The Morgan fingerprint density at radius 3 is 1.87 bits per heavy atom. The Hall–Kier alpha value is -2.86. The lowest BCUT2D eigenvalue weighted by molar-refractivity contribution is -0.117. The molecule has 158 valence electrons. The van der Waals surface area contributed by atoms with Crippen molar-refractivity contribution in [3.63, 3.8) is 0 Å². The maximum atomic E-state index is 12.5. The number of piperazine rings is 1. The van der Waals surface area contributed by atoms with Gasteiger partial charge >= 0.3 is 0 Å². The highest BCUT2D eigenvalue weighted by molar-refractivity contribution is 5.94. The average Bonchev–Trinajstić information content (AvgIpc) is 3.30. The molecule has 0 aromatic heterocycles. The Morgan fingerprint density at radius 1 is 0.767 bits per heavy atom. The molecule has 0 spiro atoms. The highest BCUT2D eigenvalue weighted by Gasteiger charge is 2.19. The molecule has 6 heteroatoms. The van der Waals surface area contributed by atoms with Gasteiger partial charge < -0.3 is 15.1 Å². The van der Waals surface area contributed by atoms with E-state index in [1.54, 1.807) is 6.92 Å². The summed E-state index contributed by atoms with van der Waals surface area (Å²) in [6, 6.07) is 15.9. The molecule has 0 unspecified atom stereocenters. The van der Waals surface area contributed by atoms with Crippen LogP contribution in [0.5, 0.6) is 0 Å². The first-order chi connectivity index (χ1) is 14.6. The molecule has 2 saturated heterocycles. The number of rotatable bonds is 6. The summed E-state index contributed by atoms with van der Waals surface area (Å²) in [5.41, 5.74) is 3.95. The standard InChI is InChI=1S/C24H30N4O2/c1-19(29)20-4-8-22(9-5-20)28-16-14-26(15-17-28)18-24(30)25-21-6-10-23(11-7-21)27-12-2-3-13-27/h4-11H,2-3,12-18H2,1H3,(H,25,30). The molecule has 2 aliphatic rings. The number of amides is 1. The van der Waals surface area contributed by atoms with Gasteiger partial charge in [0, 0.05) is 61.9 Å². The number of carbonyl (C=O) groups excluding carboxylic acids is 2. The molecule has 0 bridgehead atoms. The third-order valence-corrected chi connectivity index (χ3v) is 6.00. The van der Waals surface area contributed by atoms with Gasteiger partial charge in [0.25, 0.3) is 0 Å². The Labute approximate surface area is 178 Å². The van der Waals surface area contributed by atoms with E-state index in [1.807, 2.05) is 36.4 Å². The van der Waals surface area contributed by atoms with Crippen molar-refractivity contribution in [3.05, 3.63) is 54.1 Å². The van der Waals surface area contributed by atoms with Crippen molar-refractivity contribution in [2.75, 3.05) is 60.9 Å². The lowest BCUT2D eigenvalue weighted by Crippen LogP contribution is -2.48. The van der Waals surface area contributed by atoms with Crippen LogP contribution in [0, 0.1) is 0 Å². The average molecular weight is 407 g/mol. The second kappa shape index (κ2) is 9.30. The fourth-order valence-electron chi connectivity index (χ4n) is 4.21. The smallest absolute Gasteiger partial charge is 0.238 e. The summed E-state index contributed by atoms with van der Waals surface area (Å²) in [6.07, 6.45) is 2.52. The predicted octanol–water partition coefficient (Wildman–Crippen LogP) is 3.25. The minimum atomic E-state index is 0.0307. The van der Waals surface area contributed by atoms with Crippen LogP contribution >= 0.6 is 0 Å². The molecular weight excluding hydrogens is 376 g/mol. The number of hydrogen-bond donors (Lipinski definition) is 1. The molecular formula is C24H30N4O2. The van der Waals surface area contributed by atoms with Gasteiger partial charge in [0.05, 0.1) is 6.54 Å². The normalized spacial score (nSPS) is 17.2. The predicted molar refractivity (Wildman–Crippen MR) is 122 cm³/mol. The van der Waals surface area contributed by atoms with E-state index in [9.17, 15) is 9.59 Å². The van der Waals surface area contributed by atoms with E-state index < -0.39 is 0 Å². The monoisotopic (exact) mass is 406 g/mol. The van der Waals surface area contributed by atoms with Crippen molar-refractivity contribution in [1.29, 1.82) is 0 Å². The van der Waals surface area contributed by atoms with E-state index in [4.69, 9.17) is 0 Å². The van der Waals surface area contributed by atoms with Gasteiger partial charge in [-0.3, -0.25) is 14.5 Å². The van der Waals surface area contributed by atoms with Crippen molar-refractivity contribution >= 4 is 28.8 Å². The molecule has 6 nitrogen and oxygen atoms in total. The van der Waals surface area contributed by atoms with E-state index in [0.29, 0.717) is 6.54 Å². The molecule has 2 fully saturated rings. The molecule has 4 rings (SSSR count). The number of benzene rings is 2. The maximum Gasteiger partial charge on any atom is 0.238 e. The van der Waals surface area contributed by atoms with E-state index >= 15 is 0 Å². The van der Waals surface area contributed by atoms with Gasteiger partial charge in [-0.15, -0.1) is 0 Å². The molecule has 1 N–H and O–H groups in total. The summed E-state index contributed by atoms with van der Waals surface area (Å²) in [7, 11) is 0. The van der Waals surface area contributed by atoms with Crippen molar-refractivity contribution in [3.8, 4) is 0 Å². The Morgan fingerprint density at radius 2 is 1.30 bits per heavy atom. The van der Waals surface area contributed by atoms with Crippen molar-refractivity contribution < 1.29 is 9.59 Å². The fourth-order valence-corrected chi connectivity index (χ4v) is 4.21. The van der Waals surface area contributed by atoms with Crippen LogP contribution in [0.4, 0.5) is 17.1 Å².